The van der Waals surface area contributed by atoms with Gasteiger partial charge in [0.1, 0.15) is 0 Å². The fraction of sp³-hybridized carbons (Fsp3) is 0.524. The van der Waals surface area contributed by atoms with Gasteiger partial charge >= 0.3 is 0 Å². The molecule has 2 unspecified atom stereocenters. The summed E-state index contributed by atoms with van der Waals surface area (Å²) in [5.74, 6) is 0.923. The molecule has 0 aliphatic carbocycles. The van der Waals surface area contributed by atoms with E-state index in [4.69, 9.17) is 4.99 Å². The Morgan fingerprint density at radius 3 is 2.79 bits per heavy atom. The summed E-state index contributed by atoms with van der Waals surface area (Å²) >= 11 is 0. The molecule has 3 rings (SSSR count). The van der Waals surface area contributed by atoms with Crippen LogP contribution < -0.4 is 10.6 Å². The highest BCUT2D eigenvalue weighted by molar-refractivity contribution is 14.0. The van der Waals surface area contributed by atoms with Crippen molar-refractivity contribution in [2.75, 3.05) is 19.6 Å². The Morgan fingerprint density at radius 1 is 1.29 bits per heavy atom. The van der Waals surface area contributed by atoms with Gasteiger partial charge in [0.15, 0.2) is 5.96 Å². The van der Waals surface area contributed by atoms with Crippen LogP contribution in [0.1, 0.15) is 32.3 Å². The zero-order chi connectivity index (χ0) is 18.9. The van der Waals surface area contributed by atoms with Crippen LogP contribution in [0.5, 0.6) is 0 Å². The van der Waals surface area contributed by atoms with Crippen molar-refractivity contribution in [3.8, 4) is 0 Å². The summed E-state index contributed by atoms with van der Waals surface area (Å²) in [4.78, 5) is 11.4. The number of aromatic nitrogens is 2. The average Bonchev–Trinajstić information content (AvgIpc) is 3.18. The molecule has 0 bridgehead atoms. The number of nitrogens with zero attached hydrogens (tertiary/aromatic N) is 4. The second-order valence-electron chi connectivity index (χ2n) is 7.23. The van der Waals surface area contributed by atoms with Crippen molar-refractivity contribution < 1.29 is 0 Å². The van der Waals surface area contributed by atoms with Gasteiger partial charge in [0.25, 0.3) is 0 Å². The van der Waals surface area contributed by atoms with Crippen LogP contribution in [-0.2, 0) is 13.1 Å². The van der Waals surface area contributed by atoms with Gasteiger partial charge in [-0.05, 0) is 32.3 Å². The topological polar surface area (TPSA) is 57.5 Å². The second-order valence-corrected chi connectivity index (χ2v) is 7.23. The first-order chi connectivity index (χ1) is 13.2. The number of nitrogens with one attached hydrogen (secondary N) is 2. The molecule has 1 saturated heterocycles. The highest BCUT2D eigenvalue weighted by atomic mass is 127. The summed E-state index contributed by atoms with van der Waals surface area (Å²) in [5.41, 5.74) is 1.39. The first-order valence-electron chi connectivity index (χ1n) is 10.0. The van der Waals surface area contributed by atoms with Gasteiger partial charge in [-0.3, -0.25) is 9.89 Å². The average molecular weight is 496 g/mol. The standard InChI is InChI=1S/C21H32N6.HI/c1-3-23-21(24-11-14-26-13-10-22-17-26)25-20-9-12-27(18(2)15-20)16-19-7-5-4-6-8-19;/h4-8,10,13,17-18,20H,3,9,11-12,14-16H2,1-2H3,(H2,23,24,25);1H. The molecule has 2 aromatic rings. The van der Waals surface area contributed by atoms with Crippen molar-refractivity contribution in [2.24, 2.45) is 4.99 Å². The number of guanidine groups is 1. The normalized spacial score (nSPS) is 20.4. The van der Waals surface area contributed by atoms with Crippen molar-refractivity contribution in [2.45, 2.75) is 51.9 Å². The van der Waals surface area contributed by atoms with Crippen molar-refractivity contribution in [1.82, 2.24) is 25.1 Å². The maximum atomic E-state index is 4.73. The Labute approximate surface area is 185 Å². The van der Waals surface area contributed by atoms with E-state index in [9.17, 15) is 0 Å². The van der Waals surface area contributed by atoms with Gasteiger partial charge < -0.3 is 15.2 Å². The summed E-state index contributed by atoms with van der Waals surface area (Å²) in [6.07, 6.45) is 7.89. The highest BCUT2D eigenvalue weighted by Crippen LogP contribution is 2.19. The number of likely N-dealkylation sites (tertiary alicyclic amines) is 1. The number of hydrogen-bond acceptors (Lipinski definition) is 3. The van der Waals surface area contributed by atoms with Gasteiger partial charge in [-0.2, -0.15) is 0 Å². The number of piperidine rings is 1. The first-order valence-corrected chi connectivity index (χ1v) is 10.0. The summed E-state index contributed by atoms with van der Waals surface area (Å²) in [6, 6.07) is 11.8. The molecule has 1 aliphatic rings. The number of aliphatic imine (C=N–C) groups is 1. The van der Waals surface area contributed by atoms with E-state index < -0.39 is 0 Å². The van der Waals surface area contributed by atoms with Crippen LogP contribution >= 0.6 is 24.0 Å². The lowest BCUT2D eigenvalue weighted by Crippen LogP contribution is -2.51. The Bertz CT molecular complexity index is 688. The van der Waals surface area contributed by atoms with Crippen LogP contribution in [0.3, 0.4) is 0 Å². The predicted octanol–water partition coefficient (Wildman–Crippen LogP) is 3.11. The molecule has 1 aliphatic heterocycles. The molecule has 1 aromatic carbocycles. The zero-order valence-electron chi connectivity index (χ0n) is 16.9. The molecule has 0 spiro atoms. The third kappa shape index (κ3) is 7.09. The molecular formula is C21H33IN6. The fourth-order valence-electron chi connectivity index (χ4n) is 3.61. The molecule has 0 saturated carbocycles. The number of benzene rings is 1. The van der Waals surface area contributed by atoms with E-state index >= 15 is 0 Å². The number of imidazole rings is 1. The first kappa shape index (κ1) is 22.7. The molecule has 0 amide bonds. The molecule has 0 radical (unpaired) electrons. The Kier molecular flexibility index (Phi) is 9.77. The monoisotopic (exact) mass is 496 g/mol. The van der Waals surface area contributed by atoms with Gasteiger partial charge in [-0.25, -0.2) is 4.98 Å². The van der Waals surface area contributed by atoms with Crippen molar-refractivity contribution in [3.05, 3.63) is 54.6 Å². The molecule has 6 nitrogen and oxygen atoms in total. The number of rotatable bonds is 7. The Hall–Kier alpha value is -1.61. The minimum atomic E-state index is 0. The minimum absolute atomic E-state index is 0. The number of halogens is 1. The van der Waals surface area contributed by atoms with Crippen LogP contribution in [0, 0.1) is 0 Å². The molecule has 2 atom stereocenters. The predicted molar refractivity (Wildman–Crippen MR) is 126 cm³/mol. The quantitative estimate of drug-likeness (QED) is 0.352. The van der Waals surface area contributed by atoms with E-state index in [0.717, 1.165) is 51.5 Å². The van der Waals surface area contributed by atoms with Crippen LogP contribution in [0.2, 0.25) is 0 Å². The lowest BCUT2D eigenvalue weighted by molar-refractivity contribution is 0.134. The lowest BCUT2D eigenvalue weighted by atomic mass is 9.97. The zero-order valence-corrected chi connectivity index (χ0v) is 19.3. The summed E-state index contributed by atoms with van der Waals surface area (Å²) in [6.45, 7) is 9.06. The van der Waals surface area contributed by atoms with Gasteiger partial charge in [-0.15, -0.1) is 24.0 Å². The third-order valence-electron chi connectivity index (χ3n) is 5.11. The van der Waals surface area contributed by atoms with Crippen LogP contribution in [0.15, 0.2) is 54.0 Å². The van der Waals surface area contributed by atoms with Crippen molar-refractivity contribution >= 4 is 29.9 Å². The van der Waals surface area contributed by atoms with Crippen molar-refractivity contribution in [1.29, 1.82) is 0 Å². The second kappa shape index (κ2) is 12.1. The molecule has 1 aromatic heterocycles. The maximum Gasteiger partial charge on any atom is 0.191 e. The summed E-state index contributed by atoms with van der Waals surface area (Å²) in [7, 11) is 0. The summed E-state index contributed by atoms with van der Waals surface area (Å²) < 4.78 is 2.05. The third-order valence-corrected chi connectivity index (χ3v) is 5.11. The molecule has 28 heavy (non-hydrogen) atoms. The highest BCUT2D eigenvalue weighted by Gasteiger charge is 2.25. The SMILES string of the molecule is CCNC(=NCCn1ccnc1)NC1CCN(Cc2ccccc2)C(C)C1.I. The molecule has 7 heteroatoms. The van der Waals surface area contributed by atoms with E-state index in [-0.39, 0.29) is 24.0 Å². The largest absolute Gasteiger partial charge is 0.357 e. The smallest absolute Gasteiger partial charge is 0.191 e. The summed E-state index contributed by atoms with van der Waals surface area (Å²) in [5, 5.41) is 7.02. The van der Waals surface area contributed by atoms with E-state index in [2.05, 4.69) is 69.3 Å². The Balaban J connectivity index is 0.00000280. The Morgan fingerprint density at radius 2 is 2.11 bits per heavy atom. The van der Waals surface area contributed by atoms with E-state index in [1.807, 2.05) is 12.5 Å². The maximum absolute atomic E-state index is 4.73. The van der Waals surface area contributed by atoms with Crippen LogP contribution in [-0.4, -0.2) is 52.1 Å². The van der Waals surface area contributed by atoms with Crippen LogP contribution in [0.25, 0.3) is 0 Å². The fourth-order valence-corrected chi connectivity index (χ4v) is 3.61. The van der Waals surface area contributed by atoms with Crippen LogP contribution in [0.4, 0.5) is 0 Å². The number of hydrogen-bond donors (Lipinski definition) is 2. The molecule has 2 N–H and O–H groups in total. The molecular weight excluding hydrogens is 463 g/mol. The minimum Gasteiger partial charge on any atom is -0.357 e. The van der Waals surface area contributed by atoms with Gasteiger partial charge in [-0.1, -0.05) is 30.3 Å². The lowest BCUT2D eigenvalue weighted by Gasteiger charge is -2.38. The van der Waals surface area contributed by atoms with E-state index in [0.29, 0.717) is 12.1 Å². The van der Waals surface area contributed by atoms with Gasteiger partial charge in [0, 0.05) is 50.7 Å². The molecule has 2 heterocycles. The van der Waals surface area contributed by atoms with Gasteiger partial charge in [0.05, 0.1) is 12.9 Å². The molecule has 154 valence electrons. The van der Waals surface area contributed by atoms with E-state index in [1.165, 1.54) is 5.56 Å². The van der Waals surface area contributed by atoms with E-state index in [1.54, 1.807) is 6.20 Å². The molecule has 1 fully saturated rings. The van der Waals surface area contributed by atoms with Gasteiger partial charge in [0.2, 0.25) is 0 Å². The van der Waals surface area contributed by atoms with Crippen molar-refractivity contribution in [3.63, 3.8) is 0 Å².